The maximum atomic E-state index is 11.4. The second-order valence-corrected chi connectivity index (χ2v) is 6.17. The summed E-state index contributed by atoms with van der Waals surface area (Å²) in [6, 6.07) is 0. The Kier molecular flexibility index (Phi) is 1.73. The molecule has 4 atom stereocenters. The summed E-state index contributed by atoms with van der Waals surface area (Å²) >= 11 is 0. The van der Waals surface area contributed by atoms with Gasteiger partial charge in [0.15, 0.2) is 9.84 Å². The summed E-state index contributed by atoms with van der Waals surface area (Å²) in [6.07, 6.45) is 0. The molecule has 0 amide bonds. The summed E-state index contributed by atoms with van der Waals surface area (Å²) in [5.74, 6) is -5.58. The van der Waals surface area contributed by atoms with Crippen molar-refractivity contribution in [2.45, 2.75) is 10.8 Å². The zero-order valence-corrected chi connectivity index (χ0v) is 8.27. The van der Waals surface area contributed by atoms with Crippen molar-refractivity contribution in [3.05, 3.63) is 0 Å². The Bertz CT molecular complexity index is 456. The van der Waals surface area contributed by atoms with Crippen LogP contribution in [0.1, 0.15) is 0 Å². The van der Waals surface area contributed by atoms with Crippen LogP contribution in [0.3, 0.4) is 0 Å². The highest BCUT2D eigenvalue weighted by Gasteiger charge is 2.77. The molecule has 2 aliphatic rings. The predicted molar refractivity (Wildman–Crippen MR) is 46.7 cm³/mol. The molecule has 0 radical (unpaired) electrons. The van der Waals surface area contributed by atoms with Crippen LogP contribution >= 0.6 is 0 Å². The van der Waals surface area contributed by atoms with E-state index in [0.29, 0.717) is 0 Å². The van der Waals surface area contributed by atoms with E-state index in [0.717, 1.165) is 0 Å². The zero-order valence-electron chi connectivity index (χ0n) is 7.45. The van der Waals surface area contributed by atoms with Crippen molar-refractivity contribution in [1.82, 2.24) is 0 Å². The number of sulfone groups is 1. The maximum Gasteiger partial charge on any atom is 0.325 e. The average molecular weight is 235 g/mol. The van der Waals surface area contributed by atoms with Gasteiger partial charge < -0.3 is 15.9 Å². The quantitative estimate of drug-likeness (QED) is 0.498. The lowest BCUT2D eigenvalue weighted by Gasteiger charge is -2.19. The number of nitrogens with two attached hydrogens (primary N) is 1. The second kappa shape index (κ2) is 2.50. The van der Waals surface area contributed by atoms with E-state index in [4.69, 9.17) is 15.9 Å². The molecule has 0 bridgehead atoms. The van der Waals surface area contributed by atoms with Crippen LogP contribution in [-0.2, 0) is 19.4 Å². The number of rotatable bonds is 2. The molecule has 0 aromatic rings. The highest BCUT2D eigenvalue weighted by atomic mass is 32.2. The molecule has 1 aliphatic carbocycles. The van der Waals surface area contributed by atoms with Crippen molar-refractivity contribution in [3.8, 4) is 0 Å². The second-order valence-electron chi connectivity index (χ2n) is 4.01. The number of hydrogen-bond acceptors (Lipinski definition) is 5. The first-order valence-electron chi connectivity index (χ1n) is 4.18. The van der Waals surface area contributed by atoms with Crippen LogP contribution < -0.4 is 5.73 Å². The zero-order chi connectivity index (χ0) is 11.6. The third-order valence-corrected chi connectivity index (χ3v) is 5.38. The molecule has 1 saturated carbocycles. The smallest absolute Gasteiger partial charge is 0.325 e. The SMILES string of the molecule is N[C@@]1(C(=O)O)CS(=O)(=O)[C@@H]2C1[C@H]2C(=O)O. The number of carboxylic acids is 2. The Balaban J connectivity index is 2.44. The third kappa shape index (κ3) is 1.11. The van der Waals surface area contributed by atoms with Gasteiger partial charge in [-0.05, 0) is 0 Å². The molecular formula is C7H9NO6S. The van der Waals surface area contributed by atoms with Crippen molar-refractivity contribution in [3.63, 3.8) is 0 Å². The molecule has 1 saturated heterocycles. The van der Waals surface area contributed by atoms with E-state index in [9.17, 15) is 18.0 Å². The summed E-state index contributed by atoms with van der Waals surface area (Å²) in [4.78, 5) is 21.5. The van der Waals surface area contributed by atoms with Gasteiger partial charge in [0.1, 0.15) is 5.54 Å². The molecule has 8 heteroatoms. The van der Waals surface area contributed by atoms with E-state index in [1.54, 1.807) is 0 Å². The van der Waals surface area contributed by atoms with E-state index in [2.05, 4.69) is 0 Å². The lowest BCUT2D eigenvalue weighted by atomic mass is 9.96. The molecule has 2 fully saturated rings. The molecule has 1 unspecified atom stereocenters. The number of carboxylic acid groups (broad SMARTS) is 2. The van der Waals surface area contributed by atoms with Gasteiger partial charge in [-0.15, -0.1) is 0 Å². The summed E-state index contributed by atoms with van der Waals surface area (Å²) in [7, 11) is -3.68. The predicted octanol–water partition coefficient (Wildman–Crippen LogP) is -2.10. The van der Waals surface area contributed by atoms with Gasteiger partial charge in [-0.3, -0.25) is 9.59 Å². The van der Waals surface area contributed by atoms with Gasteiger partial charge in [0.25, 0.3) is 0 Å². The summed E-state index contributed by atoms with van der Waals surface area (Å²) < 4.78 is 22.9. The van der Waals surface area contributed by atoms with Gasteiger partial charge in [0.2, 0.25) is 0 Å². The first-order valence-corrected chi connectivity index (χ1v) is 5.90. The minimum Gasteiger partial charge on any atom is -0.481 e. The van der Waals surface area contributed by atoms with Gasteiger partial charge in [-0.1, -0.05) is 0 Å². The minimum absolute atomic E-state index is 0.672. The number of hydrogen-bond donors (Lipinski definition) is 3. The first-order chi connectivity index (χ1) is 6.72. The van der Waals surface area contributed by atoms with Crippen molar-refractivity contribution in [1.29, 1.82) is 0 Å². The lowest BCUT2D eigenvalue weighted by molar-refractivity contribution is -0.144. The average Bonchev–Trinajstić information content (AvgIpc) is 2.72. The fourth-order valence-corrected chi connectivity index (χ4v) is 5.04. The monoisotopic (exact) mass is 235 g/mol. The fourth-order valence-electron chi connectivity index (χ4n) is 2.37. The van der Waals surface area contributed by atoms with Crippen molar-refractivity contribution in [2.24, 2.45) is 17.6 Å². The number of aliphatic carboxylic acids is 2. The summed E-state index contributed by atoms with van der Waals surface area (Å²) in [5, 5.41) is 16.4. The molecule has 1 heterocycles. The fraction of sp³-hybridized carbons (Fsp3) is 0.714. The molecule has 0 aromatic carbocycles. The van der Waals surface area contributed by atoms with Crippen LogP contribution in [0.15, 0.2) is 0 Å². The highest BCUT2D eigenvalue weighted by Crippen LogP contribution is 2.56. The molecular weight excluding hydrogens is 226 g/mol. The standard InChI is InChI=1S/C7H9NO6S/c8-7(6(11)12)1-15(13,14)4-2(3(4)7)5(9)10/h2-4H,1,8H2,(H,9,10)(H,11,12)/t2-,3?,4+,7+/m1/s1. The van der Waals surface area contributed by atoms with Gasteiger partial charge >= 0.3 is 11.9 Å². The molecule has 7 nitrogen and oxygen atoms in total. The first kappa shape index (κ1) is 10.4. The number of fused-ring (bicyclic) bond motifs is 1. The van der Waals surface area contributed by atoms with Crippen LogP contribution in [0.5, 0.6) is 0 Å². The Labute approximate surface area is 84.8 Å². The lowest BCUT2D eigenvalue weighted by Crippen LogP contribution is -2.53. The third-order valence-electron chi connectivity index (χ3n) is 3.09. The molecule has 1 aliphatic heterocycles. The molecule has 4 N–H and O–H groups in total. The van der Waals surface area contributed by atoms with Crippen LogP contribution in [0, 0.1) is 11.8 Å². The summed E-state index contributed by atoms with van der Waals surface area (Å²) in [5.41, 5.74) is 3.51. The number of carbonyl (C=O) groups is 2. The van der Waals surface area contributed by atoms with Crippen LogP contribution in [0.4, 0.5) is 0 Å². The van der Waals surface area contributed by atoms with Gasteiger partial charge in [-0.2, -0.15) is 0 Å². The Hall–Kier alpha value is -1.15. The van der Waals surface area contributed by atoms with Crippen LogP contribution in [0.2, 0.25) is 0 Å². The maximum absolute atomic E-state index is 11.4. The summed E-state index contributed by atoms with van der Waals surface area (Å²) in [6.45, 7) is 0. The molecule has 0 aromatic heterocycles. The molecule has 84 valence electrons. The largest absolute Gasteiger partial charge is 0.481 e. The van der Waals surface area contributed by atoms with E-state index in [1.807, 2.05) is 0 Å². The van der Waals surface area contributed by atoms with E-state index >= 15 is 0 Å². The van der Waals surface area contributed by atoms with Gasteiger partial charge in [0.05, 0.1) is 16.9 Å². The Morgan fingerprint density at radius 2 is 1.87 bits per heavy atom. The minimum atomic E-state index is -3.68. The Morgan fingerprint density at radius 1 is 1.33 bits per heavy atom. The van der Waals surface area contributed by atoms with E-state index in [-0.39, 0.29) is 0 Å². The van der Waals surface area contributed by atoms with Crippen LogP contribution in [-0.4, -0.2) is 47.1 Å². The van der Waals surface area contributed by atoms with Crippen molar-refractivity contribution >= 4 is 21.8 Å². The van der Waals surface area contributed by atoms with Crippen molar-refractivity contribution in [2.75, 3.05) is 5.75 Å². The van der Waals surface area contributed by atoms with Crippen LogP contribution in [0.25, 0.3) is 0 Å². The normalized spacial score (nSPS) is 45.8. The molecule has 2 rings (SSSR count). The molecule has 0 spiro atoms. The van der Waals surface area contributed by atoms with Crippen molar-refractivity contribution < 1.29 is 28.2 Å². The topological polar surface area (TPSA) is 135 Å². The Morgan fingerprint density at radius 3 is 2.20 bits per heavy atom. The van der Waals surface area contributed by atoms with E-state index < -0.39 is 50.2 Å². The van der Waals surface area contributed by atoms with Gasteiger partial charge in [0, 0.05) is 5.92 Å². The van der Waals surface area contributed by atoms with Gasteiger partial charge in [-0.25, -0.2) is 8.42 Å². The highest BCUT2D eigenvalue weighted by molar-refractivity contribution is 7.92. The molecule has 15 heavy (non-hydrogen) atoms. The van der Waals surface area contributed by atoms with E-state index in [1.165, 1.54) is 0 Å².